The van der Waals surface area contributed by atoms with Crippen LogP contribution in [0.3, 0.4) is 0 Å². The minimum atomic E-state index is -0.199. The lowest BCUT2D eigenvalue weighted by Gasteiger charge is -2.33. The highest BCUT2D eigenvalue weighted by molar-refractivity contribution is 5.94. The van der Waals surface area contributed by atoms with Crippen molar-refractivity contribution in [3.8, 4) is 6.07 Å². The highest BCUT2D eigenvalue weighted by Crippen LogP contribution is 2.28. The molecule has 0 spiro atoms. The van der Waals surface area contributed by atoms with Gasteiger partial charge in [0, 0.05) is 31.4 Å². The van der Waals surface area contributed by atoms with Crippen LogP contribution >= 0.6 is 0 Å². The van der Waals surface area contributed by atoms with Crippen LogP contribution < -0.4 is 5.32 Å². The summed E-state index contributed by atoms with van der Waals surface area (Å²) >= 11 is 0. The number of carbonyl (C=O) groups is 2. The number of benzene rings is 1. The van der Waals surface area contributed by atoms with E-state index in [0.29, 0.717) is 30.1 Å². The van der Waals surface area contributed by atoms with Gasteiger partial charge < -0.3 is 14.8 Å². The van der Waals surface area contributed by atoms with Gasteiger partial charge in [-0.3, -0.25) is 9.59 Å². The number of nitrogens with zero attached hydrogens (tertiary/aromatic N) is 4. The van der Waals surface area contributed by atoms with Crippen molar-refractivity contribution in [3.05, 3.63) is 53.1 Å². The molecule has 1 aliphatic heterocycles. The number of fused-ring (bicyclic) bond motifs is 1. The largest absolute Gasteiger partial charge is 0.355 e. The maximum absolute atomic E-state index is 12.9. The van der Waals surface area contributed by atoms with Crippen molar-refractivity contribution in [2.75, 3.05) is 13.1 Å². The number of rotatable bonds is 5. The van der Waals surface area contributed by atoms with Gasteiger partial charge in [-0.1, -0.05) is 6.07 Å². The molecule has 2 heterocycles. The molecular formula is C21H23N5O2. The minimum absolute atomic E-state index is 0.00347. The standard InChI is InChI=1S/C21H23N5O2/c1-14-20-24-18(10-19(27)23-12-15-5-6-15)13-25(20)7-8-26(14)21(28)17-4-2-3-16(9-17)11-22/h2-4,9,13-15H,5-8,10,12H2,1H3,(H,23,27)/t14-/m0/s1. The van der Waals surface area contributed by atoms with Crippen LogP contribution in [0.2, 0.25) is 0 Å². The molecule has 28 heavy (non-hydrogen) atoms. The average molecular weight is 377 g/mol. The van der Waals surface area contributed by atoms with Crippen molar-refractivity contribution in [3.63, 3.8) is 0 Å². The Morgan fingerprint density at radius 2 is 2.14 bits per heavy atom. The van der Waals surface area contributed by atoms with Crippen LogP contribution in [0.5, 0.6) is 0 Å². The number of amides is 2. The summed E-state index contributed by atoms with van der Waals surface area (Å²) in [7, 11) is 0. The summed E-state index contributed by atoms with van der Waals surface area (Å²) in [6.45, 7) is 3.90. The van der Waals surface area contributed by atoms with E-state index < -0.39 is 0 Å². The molecule has 1 N–H and O–H groups in total. The van der Waals surface area contributed by atoms with Crippen LogP contribution in [-0.2, 0) is 17.8 Å². The molecule has 2 aliphatic rings. The molecule has 0 unspecified atom stereocenters. The van der Waals surface area contributed by atoms with Gasteiger partial charge in [-0.25, -0.2) is 4.98 Å². The van der Waals surface area contributed by atoms with Gasteiger partial charge in [-0.2, -0.15) is 5.26 Å². The highest BCUT2D eigenvalue weighted by atomic mass is 16.2. The normalized spacial score (nSPS) is 18.3. The minimum Gasteiger partial charge on any atom is -0.355 e. The number of nitriles is 1. The Morgan fingerprint density at radius 1 is 1.32 bits per heavy atom. The van der Waals surface area contributed by atoms with Crippen molar-refractivity contribution in [1.29, 1.82) is 5.26 Å². The molecule has 1 aromatic heterocycles. The zero-order valence-electron chi connectivity index (χ0n) is 15.9. The SMILES string of the molecule is C[C@H]1c2nc(CC(=O)NCC3CC3)cn2CCN1C(=O)c1cccc(C#N)c1. The molecule has 2 aromatic rings. The van der Waals surface area contributed by atoms with E-state index in [4.69, 9.17) is 5.26 Å². The Hall–Kier alpha value is -3.14. The van der Waals surface area contributed by atoms with E-state index in [1.807, 2.05) is 17.7 Å². The van der Waals surface area contributed by atoms with Gasteiger partial charge in [0.05, 0.1) is 29.8 Å². The second kappa shape index (κ2) is 7.47. The van der Waals surface area contributed by atoms with Crippen LogP contribution in [0.15, 0.2) is 30.5 Å². The first-order valence-electron chi connectivity index (χ1n) is 9.69. The molecule has 0 saturated heterocycles. The van der Waals surface area contributed by atoms with Crippen molar-refractivity contribution in [2.45, 2.75) is 38.8 Å². The van der Waals surface area contributed by atoms with E-state index in [-0.39, 0.29) is 24.3 Å². The molecule has 2 amide bonds. The Morgan fingerprint density at radius 3 is 2.89 bits per heavy atom. The average Bonchev–Trinajstić information content (AvgIpc) is 3.45. The molecule has 4 rings (SSSR count). The van der Waals surface area contributed by atoms with Crippen LogP contribution in [0, 0.1) is 17.2 Å². The smallest absolute Gasteiger partial charge is 0.254 e. The Bertz CT molecular complexity index is 954. The molecule has 1 aliphatic carbocycles. The molecule has 144 valence electrons. The zero-order valence-corrected chi connectivity index (χ0v) is 15.9. The van der Waals surface area contributed by atoms with Gasteiger partial charge in [0.1, 0.15) is 5.82 Å². The monoisotopic (exact) mass is 377 g/mol. The molecule has 1 fully saturated rings. The van der Waals surface area contributed by atoms with E-state index in [1.54, 1.807) is 29.2 Å². The van der Waals surface area contributed by atoms with E-state index in [9.17, 15) is 9.59 Å². The van der Waals surface area contributed by atoms with Crippen molar-refractivity contribution in [1.82, 2.24) is 19.8 Å². The van der Waals surface area contributed by atoms with E-state index in [2.05, 4.69) is 16.4 Å². The zero-order chi connectivity index (χ0) is 19.7. The third kappa shape index (κ3) is 3.77. The van der Waals surface area contributed by atoms with Crippen LogP contribution in [-0.4, -0.2) is 39.4 Å². The topological polar surface area (TPSA) is 91.0 Å². The summed E-state index contributed by atoms with van der Waals surface area (Å²) in [6.07, 6.45) is 4.59. The summed E-state index contributed by atoms with van der Waals surface area (Å²) < 4.78 is 2.03. The first kappa shape index (κ1) is 18.2. The molecule has 0 radical (unpaired) electrons. The molecule has 1 saturated carbocycles. The Kier molecular flexibility index (Phi) is 4.86. The summed E-state index contributed by atoms with van der Waals surface area (Å²) in [5, 5.41) is 12.0. The van der Waals surface area contributed by atoms with Crippen molar-refractivity contribution in [2.24, 2.45) is 5.92 Å². The molecule has 1 aromatic carbocycles. The number of hydrogen-bond donors (Lipinski definition) is 1. The quantitative estimate of drug-likeness (QED) is 0.863. The van der Waals surface area contributed by atoms with Crippen LogP contribution in [0.4, 0.5) is 0 Å². The summed E-state index contributed by atoms with van der Waals surface area (Å²) in [5.41, 5.74) is 1.71. The highest BCUT2D eigenvalue weighted by Gasteiger charge is 2.30. The second-order valence-electron chi connectivity index (χ2n) is 7.58. The Balaban J connectivity index is 1.46. The first-order chi connectivity index (χ1) is 13.5. The van der Waals surface area contributed by atoms with Crippen LogP contribution in [0.1, 0.15) is 53.2 Å². The number of nitrogens with one attached hydrogen (secondary N) is 1. The predicted molar refractivity (Wildman–Crippen MR) is 102 cm³/mol. The summed E-state index contributed by atoms with van der Waals surface area (Å²) in [5.74, 6) is 1.33. The van der Waals surface area contributed by atoms with Gasteiger partial charge in [-0.15, -0.1) is 0 Å². The van der Waals surface area contributed by atoms with Crippen molar-refractivity contribution >= 4 is 11.8 Å². The number of hydrogen-bond acceptors (Lipinski definition) is 4. The van der Waals surface area contributed by atoms with E-state index in [1.165, 1.54) is 12.8 Å². The maximum atomic E-state index is 12.9. The summed E-state index contributed by atoms with van der Waals surface area (Å²) in [6, 6.07) is 8.62. The lowest BCUT2D eigenvalue weighted by atomic mass is 10.1. The summed E-state index contributed by atoms with van der Waals surface area (Å²) in [4.78, 5) is 31.5. The molecule has 7 heteroatoms. The van der Waals surface area contributed by atoms with Gasteiger partial charge in [-0.05, 0) is 43.9 Å². The van der Waals surface area contributed by atoms with Gasteiger partial charge in [0.15, 0.2) is 0 Å². The fraction of sp³-hybridized carbons (Fsp3) is 0.429. The fourth-order valence-corrected chi connectivity index (χ4v) is 3.60. The lowest BCUT2D eigenvalue weighted by Crippen LogP contribution is -2.41. The predicted octanol–water partition coefficient (Wildman–Crippen LogP) is 2.04. The first-order valence-corrected chi connectivity index (χ1v) is 9.69. The molecular weight excluding hydrogens is 354 g/mol. The number of imidazole rings is 1. The van der Waals surface area contributed by atoms with E-state index in [0.717, 1.165) is 18.1 Å². The third-order valence-corrected chi connectivity index (χ3v) is 5.41. The van der Waals surface area contributed by atoms with Gasteiger partial charge in [0.2, 0.25) is 5.91 Å². The van der Waals surface area contributed by atoms with Crippen LogP contribution in [0.25, 0.3) is 0 Å². The molecule has 7 nitrogen and oxygen atoms in total. The molecule has 1 atom stereocenters. The number of carbonyl (C=O) groups excluding carboxylic acids is 2. The fourth-order valence-electron chi connectivity index (χ4n) is 3.60. The maximum Gasteiger partial charge on any atom is 0.254 e. The Labute approximate surface area is 164 Å². The van der Waals surface area contributed by atoms with Crippen molar-refractivity contribution < 1.29 is 9.59 Å². The number of aromatic nitrogens is 2. The second-order valence-corrected chi connectivity index (χ2v) is 7.58. The lowest BCUT2D eigenvalue weighted by molar-refractivity contribution is -0.120. The van der Waals surface area contributed by atoms with E-state index >= 15 is 0 Å². The van der Waals surface area contributed by atoms with Gasteiger partial charge >= 0.3 is 0 Å². The molecule has 0 bridgehead atoms. The van der Waals surface area contributed by atoms with Gasteiger partial charge in [0.25, 0.3) is 5.91 Å². The third-order valence-electron chi connectivity index (χ3n) is 5.41.